The molecule has 0 saturated heterocycles. The van der Waals surface area contributed by atoms with Crippen molar-refractivity contribution in [2.24, 2.45) is 0 Å². The Bertz CT molecular complexity index is 1680. The van der Waals surface area contributed by atoms with Crippen LogP contribution in [0.25, 0.3) is 22.5 Å². The van der Waals surface area contributed by atoms with Gasteiger partial charge in [0.25, 0.3) is 0 Å². The zero-order chi connectivity index (χ0) is 27.7. The summed E-state index contributed by atoms with van der Waals surface area (Å²) >= 11 is 0. The predicted octanol–water partition coefficient (Wildman–Crippen LogP) is 7.58. The summed E-state index contributed by atoms with van der Waals surface area (Å²) in [5, 5.41) is 0. The van der Waals surface area contributed by atoms with E-state index in [1.807, 2.05) is 45.0 Å². The molecule has 0 aliphatic heterocycles. The average Bonchev–Trinajstić information content (AvgIpc) is 2.88. The van der Waals surface area contributed by atoms with Crippen molar-refractivity contribution in [3.8, 4) is 34.0 Å². The molecular formula is C30H22F4N4O. The van der Waals surface area contributed by atoms with Crippen molar-refractivity contribution >= 4 is 0 Å². The highest BCUT2D eigenvalue weighted by Crippen LogP contribution is 2.37. The molecule has 5 aromatic rings. The van der Waals surface area contributed by atoms with Crippen molar-refractivity contribution in [1.82, 2.24) is 19.9 Å². The largest absolute Gasteiger partial charge is 0.457 e. The average molecular weight is 531 g/mol. The van der Waals surface area contributed by atoms with Crippen LogP contribution in [0, 0.1) is 30.7 Å². The smallest absolute Gasteiger partial charge is 0.224 e. The van der Waals surface area contributed by atoms with Crippen LogP contribution in [0.3, 0.4) is 0 Å². The maximum absolute atomic E-state index is 14.7. The summed E-state index contributed by atoms with van der Waals surface area (Å²) in [6, 6.07) is 20.4. The van der Waals surface area contributed by atoms with Gasteiger partial charge in [-0.05, 0) is 74.9 Å². The van der Waals surface area contributed by atoms with Crippen molar-refractivity contribution in [2.45, 2.75) is 26.2 Å². The van der Waals surface area contributed by atoms with Crippen molar-refractivity contribution in [3.63, 3.8) is 0 Å². The van der Waals surface area contributed by atoms with E-state index in [-0.39, 0.29) is 22.5 Å². The predicted molar refractivity (Wildman–Crippen MR) is 138 cm³/mol. The second-order valence-electron chi connectivity index (χ2n) is 9.47. The third-order valence-electron chi connectivity index (χ3n) is 6.21. The van der Waals surface area contributed by atoms with Gasteiger partial charge in [-0.15, -0.1) is 0 Å². The lowest BCUT2D eigenvalue weighted by Gasteiger charge is -2.26. The Balaban J connectivity index is 1.65. The maximum Gasteiger partial charge on any atom is 0.224 e. The molecule has 4 aromatic heterocycles. The highest BCUT2D eigenvalue weighted by molar-refractivity contribution is 5.63. The fraction of sp³-hybridized carbons (Fsp3) is 0.133. The number of aryl methyl sites for hydroxylation is 1. The molecule has 1 aromatic carbocycles. The molecule has 0 saturated carbocycles. The van der Waals surface area contributed by atoms with E-state index in [9.17, 15) is 17.6 Å². The summed E-state index contributed by atoms with van der Waals surface area (Å²) in [5.41, 5.74) is 1.34. The number of aromatic nitrogens is 4. The summed E-state index contributed by atoms with van der Waals surface area (Å²) in [5.74, 6) is -2.97. The molecule has 0 N–H and O–H groups in total. The van der Waals surface area contributed by atoms with E-state index in [0.29, 0.717) is 22.9 Å². The van der Waals surface area contributed by atoms with Crippen LogP contribution in [0.5, 0.6) is 11.5 Å². The van der Waals surface area contributed by atoms with Crippen LogP contribution < -0.4 is 4.74 Å². The van der Waals surface area contributed by atoms with Crippen LogP contribution in [0.1, 0.15) is 30.8 Å². The van der Waals surface area contributed by atoms with Gasteiger partial charge in [0.15, 0.2) is 0 Å². The molecule has 39 heavy (non-hydrogen) atoms. The molecule has 0 unspecified atom stereocenters. The van der Waals surface area contributed by atoms with E-state index in [4.69, 9.17) is 4.74 Å². The summed E-state index contributed by atoms with van der Waals surface area (Å²) in [6.07, 6.45) is 0. The van der Waals surface area contributed by atoms with E-state index in [0.717, 1.165) is 17.7 Å². The zero-order valence-corrected chi connectivity index (χ0v) is 21.2. The Labute approximate surface area is 222 Å². The summed E-state index contributed by atoms with van der Waals surface area (Å²) in [6.45, 7) is 5.54. The molecule has 4 heterocycles. The fourth-order valence-corrected chi connectivity index (χ4v) is 4.11. The standard InChI is InChI=1S/C30H22F4N4O/c1-17-13-22(20-9-11-26(31)37-28(20)33)35-24(14-17)30(2,3)25-16-19(39-18-7-5-4-6-8-18)15-23(36-25)21-10-12-27(32)38-29(21)34/h4-16H,1-3H3. The van der Waals surface area contributed by atoms with Gasteiger partial charge in [-0.25, -0.2) is 0 Å². The van der Waals surface area contributed by atoms with Gasteiger partial charge in [0.2, 0.25) is 23.8 Å². The lowest BCUT2D eigenvalue weighted by molar-refractivity contribution is 0.477. The van der Waals surface area contributed by atoms with E-state index in [1.165, 1.54) is 12.1 Å². The topological polar surface area (TPSA) is 60.8 Å². The number of halogens is 4. The van der Waals surface area contributed by atoms with Gasteiger partial charge >= 0.3 is 0 Å². The molecule has 0 aliphatic rings. The second kappa shape index (κ2) is 10.2. The third kappa shape index (κ3) is 5.47. The van der Waals surface area contributed by atoms with Crippen LogP contribution in [-0.2, 0) is 5.41 Å². The number of hydrogen-bond donors (Lipinski definition) is 0. The number of ether oxygens (including phenoxy) is 1. The van der Waals surface area contributed by atoms with Crippen LogP contribution >= 0.6 is 0 Å². The van der Waals surface area contributed by atoms with Gasteiger partial charge in [0.1, 0.15) is 11.5 Å². The summed E-state index contributed by atoms with van der Waals surface area (Å²) in [7, 11) is 0. The number of para-hydroxylation sites is 1. The minimum absolute atomic E-state index is 0.00990. The minimum atomic E-state index is -1.02. The van der Waals surface area contributed by atoms with Crippen LogP contribution in [-0.4, -0.2) is 19.9 Å². The molecule has 0 radical (unpaired) electrons. The van der Waals surface area contributed by atoms with E-state index in [2.05, 4.69) is 19.9 Å². The van der Waals surface area contributed by atoms with E-state index < -0.39 is 29.2 Å². The molecule has 0 fully saturated rings. The molecule has 5 nitrogen and oxygen atoms in total. The Morgan fingerprint density at radius 3 is 1.69 bits per heavy atom. The fourth-order valence-electron chi connectivity index (χ4n) is 4.11. The van der Waals surface area contributed by atoms with Crippen molar-refractivity contribution in [1.29, 1.82) is 0 Å². The molecule has 0 spiro atoms. The molecular weight excluding hydrogens is 508 g/mol. The quantitative estimate of drug-likeness (QED) is 0.167. The van der Waals surface area contributed by atoms with Crippen LogP contribution in [0.2, 0.25) is 0 Å². The third-order valence-corrected chi connectivity index (χ3v) is 6.21. The van der Waals surface area contributed by atoms with Crippen molar-refractivity contribution in [3.05, 3.63) is 120 Å². The number of hydrogen-bond acceptors (Lipinski definition) is 5. The van der Waals surface area contributed by atoms with E-state index in [1.54, 1.807) is 30.3 Å². The summed E-state index contributed by atoms with van der Waals surface area (Å²) in [4.78, 5) is 15.9. The molecule has 5 rings (SSSR count). The number of nitrogens with zero attached hydrogens (tertiary/aromatic N) is 4. The first kappa shape index (κ1) is 26.0. The molecule has 196 valence electrons. The zero-order valence-electron chi connectivity index (χ0n) is 21.2. The van der Waals surface area contributed by atoms with Gasteiger partial charge in [-0.2, -0.15) is 27.5 Å². The second-order valence-corrected chi connectivity index (χ2v) is 9.47. The summed E-state index contributed by atoms with van der Waals surface area (Å²) < 4.78 is 62.2. The molecule has 9 heteroatoms. The monoisotopic (exact) mass is 530 g/mol. The first-order chi connectivity index (χ1) is 18.6. The van der Waals surface area contributed by atoms with Gasteiger partial charge in [0.05, 0.1) is 33.9 Å². The lowest BCUT2D eigenvalue weighted by atomic mass is 9.83. The normalized spacial score (nSPS) is 11.5. The Hall–Kier alpha value is -4.66. The number of rotatable bonds is 6. The Kier molecular flexibility index (Phi) is 6.82. The lowest BCUT2D eigenvalue weighted by Crippen LogP contribution is -2.23. The number of benzene rings is 1. The van der Waals surface area contributed by atoms with Gasteiger partial charge in [0, 0.05) is 17.5 Å². The highest BCUT2D eigenvalue weighted by Gasteiger charge is 2.29. The Morgan fingerprint density at radius 2 is 1.13 bits per heavy atom. The number of pyridine rings is 4. The minimum Gasteiger partial charge on any atom is -0.457 e. The van der Waals surface area contributed by atoms with Crippen molar-refractivity contribution in [2.75, 3.05) is 0 Å². The van der Waals surface area contributed by atoms with Crippen LogP contribution in [0.15, 0.2) is 78.9 Å². The first-order valence-corrected chi connectivity index (χ1v) is 12.0. The van der Waals surface area contributed by atoms with Gasteiger partial charge in [-0.3, -0.25) is 9.97 Å². The SMILES string of the molecule is Cc1cc(-c2ccc(F)nc2F)nc(C(C)(C)c2cc(Oc3ccccc3)cc(-c3ccc(F)nc3F)n2)c1. The molecule has 0 amide bonds. The molecule has 0 bridgehead atoms. The van der Waals surface area contributed by atoms with Gasteiger partial charge in [-0.1, -0.05) is 18.2 Å². The Morgan fingerprint density at radius 1 is 0.590 bits per heavy atom. The molecule has 0 aliphatic carbocycles. The van der Waals surface area contributed by atoms with E-state index >= 15 is 0 Å². The van der Waals surface area contributed by atoms with Gasteiger partial charge < -0.3 is 4.74 Å². The molecule has 0 atom stereocenters. The van der Waals surface area contributed by atoms with Crippen molar-refractivity contribution < 1.29 is 22.3 Å². The maximum atomic E-state index is 14.7. The first-order valence-electron chi connectivity index (χ1n) is 12.0. The highest BCUT2D eigenvalue weighted by atomic mass is 19.1. The van der Waals surface area contributed by atoms with Crippen LogP contribution in [0.4, 0.5) is 17.6 Å².